The molecule has 7 nitrogen and oxygen atoms in total. The van der Waals surface area contributed by atoms with Gasteiger partial charge < -0.3 is 15.0 Å². The number of aliphatic imine (C=N–C) groups is 1. The third-order valence-electron chi connectivity index (χ3n) is 5.26. The third-order valence-corrected chi connectivity index (χ3v) is 5.26. The Morgan fingerprint density at radius 1 is 1.20 bits per heavy atom. The van der Waals surface area contributed by atoms with Crippen LogP contribution in [-0.2, 0) is 11.2 Å². The van der Waals surface area contributed by atoms with E-state index in [1.54, 1.807) is 19.2 Å². The van der Waals surface area contributed by atoms with Crippen LogP contribution in [0.3, 0.4) is 0 Å². The Labute approximate surface area is 175 Å². The number of aromatic nitrogens is 3. The quantitative estimate of drug-likeness (QED) is 0.398. The van der Waals surface area contributed by atoms with E-state index in [1.807, 2.05) is 35.7 Å². The van der Waals surface area contributed by atoms with Gasteiger partial charge in [-0.25, -0.2) is 4.39 Å². The molecule has 158 valence electrons. The van der Waals surface area contributed by atoms with Gasteiger partial charge in [0.2, 0.25) is 0 Å². The molecule has 4 rings (SSSR count). The molecule has 1 aliphatic heterocycles. The summed E-state index contributed by atoms with van der Waals surface area (Å²) < 4.78 is 21.4. The van der Waals surface area contributed by atoms with Crippen molar-refractivity contribution in [1.82, 2.24) is 24.8 Å². The number of fused-ring (bicyclic) bond motifs is 1. The van der Waals surface area contributed by atoms with Gasteiger partial charge in [-0.2, -0.15) is 0 Å². The standard InChI is InChI=1S/C22H27FN6O/c1-16-14-28(15-19(30-16)17-8-10-18(23)11-9-17)22(24-2)25-12-5-7-21-27-26-20-6-3-4-13-29(20)21/h3-4,6,8-11,13,16,19H,5,7,12,14-15H2,1-2H3,(H,24,25). The van der Waals surface area contributed by atoms with Crippen LogP contribution >= 0.6 is 0 Å². The average Bonchev–Trinajstić information content (AvgIpc) is 3.17. The minimum absolute atomic E-state index is 0.0507. The van der Waals surface area contributed by atoms with E-state index in [1.165, 1.54) is 12.1 Å². The average molecular weight is 410 g/mol. The number of morpholine rings is 1. The molecule has 0 saturated carbocycles. The lowest BCUT2D eigenvalue weighted by Crippen LogP contribution is -2.50. The number of hydrogen-bond acceptors (Lipinski definition) is 4. The lowest BCUT2D eigenvalue weighted by atomic mass is 10.1. The highest BCUT2D eigenvalue weighted by molar-refractivity contribution is 5.80. The van der Waals surface area contributed by atoms with Crippen molar-refractivity contribution < 1.29 is 9.13 Å². The van der Waals surface area contributed by atoms with E-state index in [0.717, 1.165) is 48.9 Å². The Kier molecular flexibility index (Phi) is 6.23. The fourth-order valence-corrected chi connectivity index (χ4v) is 3.83. The fraction of sp³-hybridized carbons (Fsp3) is 0.409. The summed E-state index contributed by atoms with van der Waals surface area (Å²) in [5.74, 6) is 1.57. The van der Waals surface area contributed by atoms with Crippen molar-refractivity contribution in [3.05, 3.63) is 65.9 Å². The molecule has 1 aromatic carbocycles. The van der Waals surface area contributed by atoms with Gasteiger partial charge in [0.25, 0.3) is 0 Å². The van der Waals surface area contributed by atoms with Gasteiger partial charge in [0.1, 0.15) is 17.7 Å². The van der Waals surface area contributed by atoms with Gasteiger partial charge in [0.15, 0.2) is 11.6 Å². The molecule has 0 aliphatic carbocycles. The van der Waals surface area contributed by atoms with Gasteiger partial charge in [-0.15, -0.1) is 10.2 Å². The van der Waals surface area contributed by atoms with E-state index in [0.29, 0.717) is 6.54 Å². The van der Waals surface area contributed by atoms with Gasteiger partial charge in [0.05, 0.1) is 12.6 Å². The minimum Gasteiger partial charge on any atom is -0.367 e. The zero-order valence-corrected chi connectivity index (χ0v) is 17.3. The van der Waals surface area contributed by atoms with Gasteiger partial charge in [-0.05, 0) is 43.2 Å². The third kappa shape index (κ3) is 4.59. The van der Waals surface area contributed by atoms with Crippen LogP contribution in [0.4, 0.5) is 4.39 Å². The van der Waals surface area contributed by atoms with Crippen LogP contribution in [0.25, 0.3) is 5.65 Å². The number of ether oxygens (including phenoxy) is 1. The molecule has 1 N–H and O–H groups in total. The first-order valence-corrected chi connectivity index (χ1v) is 10.3. The number of aryl methyl sites for hydroxylation is 1. The number of nitrogens with one attached hydrogen (secondary N) is 1. The highest BCUT2D eigenvalue weighted by atomic mass is 19.1. The molecular formula is C22H27FN6O. The summed E-state index contributed by atoms with van der Waals surface area (Å²) in [6.07, 6.45) is 3.66. The zero-order valence-electron chi connectivity index (χ0n) is 17.3. The van der Waals surface area contributed by atoms with Crippen molar-refractivity contribution in [2.24, 2.45) is 4.99 Å². The summed E-state index contributed by atoms with van der Waals surface area (Å²) in [6, 6.07) is 12.4. The minimum atomic E-state index is -0.239. The molecule has 0 bridgehead atoms. The number of pyridine rings is 1. The van der Waals surface area contributed by atoms with Crippen LogP contribution in [-0.4, -0.2) is 58.2 Å². The molecule has 3 heterocycles. The molecule has 2 atom stereocenters. The lowest BCUT2D eigenvalue weighted by Gasteiger charge is -2.38. The van der Waals surface area contributed by atoms with E-state index in [-0.39, 0.29) is 18.0 Å². The van der Waals surface area contributed by atoms with Crippen molar-refractivity contribution in [2.75, 3.05) is 26.7 Å². The van der Waals surface area contributed by atoms with Gasteiger partial charge in [-0.1, -0.05) is 18.2 Å². The summed E-state index contributed by atoms with van der Waals surface area (Å²) in [5, 5.41) is 11.9. The number of guanidine groups is 1. The fourth-order valence-electron chi connectivity index (χ4n) is 3.83. The highest BCUT2D eigenvalue weighted by Crippen LogP contribution is 2.25. The maximum absolute atomic E-state index is 13.3. The normalized spacial score (nSPS) is 20.0. The topological polar surface area (TPSA) is 67.0 Å². The number of halogens is 1. The monoisotopic (exact) mass is 410 g/mol. The largest absolute Gasteiger partial charge is 0.367 e. The number of benzene rings is 1. The summed E-state index contributed by atoms with van der Waals surface area (Å²) in [4.78, 5) is 6.66. The molecule has 1 saturated heterocycles. The predicted molar refractivity (Wildman–Crippen MR) is 114 cm³/mol. The van der Waals surface area contributed by atoms with Crippen molar-refractivity contribution in [3.8, 4) is 0 Å². The highest BCUT2D eigenvalue weighted by Gasteiger charge is 2.28. The summed E-state index contributed by atoms with van der Waals surface area (Å²) in [6.45, 7) is 4.25. The van der Waals surface area contributed by atoms with Crippen LogP contribution in [0, 0.1) is 5.82 Å². The van der Waals surface area contributed by atoms with E-state index < -0.39 is 0 Å². The zero-order chi connectivity index (χ0) is 20.9. The van der Waals surface area contributed by atoms with Crippen molar-refractivity contribution in [3.63, 3.8) is 0 Å². The van der Waals surface area contributed by atoms with Crippen molar-refractivity contribution in [1.29, 1.82) is 0 Å². The molecule has 0 radical (unpaired) electrons. The Morgan fingerprint density at radius 2 is 2.03 bits per heavy atom. The number of nitrogens with zero attached hydrogens (tertiary/aromatic N) is 5. The molecule has 0 spiro atoms. The van der Waals surface area contributed by atoms with Crippen LogP contribution in [0.15, 0.2) is 53.7 Å². The Hall–Kier alpha value is -3.00. The van der Waals surface area contributed by atoms with Crippen LogP contribution in [0.5, 0.6) is 0 Å². The van der Waals surface area contributed by atoms with E-state index in [9.17, 15) is 4.39 Å². The van der Waals surface area contributed by atoms with Crippen LogP contribution in [0.2, 0.25) is 0 Å². The molecule has 2 unspecified atom stereocenters. The molecular weight excluding hydrogens is 383 g/mol. The smallest absolute Gasteiger partial charge is 0.193 e. The molecule has 3 aromatic rings. The second kappa shape index (κ2) is 9.21. The van der Waals surface area contributed by atoms with Gasteiger partial charge >= 0.3 is 0 Å². The first-order valence-electron chi connectivity index (χ1n) is 10.3. The second-order valence-corrected chi connectivity index (χ2v) is 7.51. The molecule has 8 heteroatoms. The molecule has 30 heavy (non-hydrogen) atoms. The number of rotatable bonds is 5. The SMILES string of the molecule is CN=C(NCCCc1nnc2ccccn12)N1CC(C)OC(c2ccc(F)cc2)C1. The molecule has 1 fully saturated rings. The lowest BCUT2D eigenvalue weighted by molar-refractivity contribution is -0.0605. The Bertz CT molecular complexity index is 1000. The summed E-state index contributed by atoms with van der Waals surface area (Å²) >= 11 is 0. The maximum atomic E-state index is 13.3. The second-order valence-electron chi connectivity index (χ2n) is 7.51. The first-order chi connectivity index (χ1) is 14.6. The molecule has 0 amide bonds. The Balaban J connectivity index is 1.33. The summed E-state index contributed by atoms with van der Waals surface area (Å²) in [7, 11) is 1.79. The van der Waals surface area contributed by atoms with Gasteiger partial charge in [-0.3, -0.25) is 9.39 Å². The van der Waals surface area contributed by atoms with Crippen molar-refractivity contribution >= 4 is 11.6 Å². The van der Waals surface area contributed by atoms with E-state index >= 15 is 0 Å². The maximum Gasteiger partial charge on any atom is 0.193 e. The van der Waals surface area contributed by atoms with Crippen LogP contribution in [0.1, 0.15) is 30.8 Å². The molecule has 2 aromatic heterocycles. The van der Waals surface area contributed by atoms with Gasteiger partial charge in [0, 0.05) is 32.8 Å². The van der Waals surface area contributed by atoms with E-state index in [2.05, 4.69) is 25.4 Å². The first kappa shape index (κ1) is 20.3. The molecule has 1 aliphatic rings. The summed E-state index contributed by atoms with van der Waals surface area (Å²) in [5.41, 5.74) is 1.84. The Morgan fingerprint density at radius 3 is 2.83 bits per heavy atom. The number of hydrogen-bond donors (Lipinski definition) is 1. The van der Waals surface area contributed by atoms with Crippen molar-refractivity contribution in [2.45, 2.75) is 32.0 Å². The van der Waals surface area contributed by atoms with E-state index in [4.69, 9.17) is 4.74 Å². The predicted octanol–water partition coefficient (Wildman–Crippen LogP) is 2.84. The van der Waals surface area contributed by atoms with Crippen LogP contribution < -0.4 is 5.32 Å².